The molecule has 3 aromatic carbocycles. The molecule has 0 unspecified atom stereocenters. The highest BCUT2D eigenvalue weighted by Crippen LogP contribution is 2.34. The monoisotopic (exact) mass is 462 g/mol. The molecule has 1 amide bonds. The molecule has 0 fully saturated rings. The standard InChI is InChI=1S/C22H17ClF2N2O3S/c23-18-6-2-1-5-17(18)22(28)26-15-8-7-14-4-3-11-27(21(14)12-15)31(29,30)16-9-10-19(24)20(25)13-16/h1-2,5-10,12-13H,3-4,11H2,(H,26,28). The maximum atomic E-state index is 13.7. The minimum atomic E-state index is -4.13. The fourth-order valence-electron chi connectivity index (χ4n) is 3.48. The molecule has 0 radical (unpaired) electrons. The Labute approximate surface area is 183 Å². The number of nitrogens with one attached hydrogen (secondary N) is 1. The van der Waals surface area contributed by atoms with E-state index >= 15 is 0 Å². The van der Waals surface area contributed by atoms with Crippen LogP contribution in [0.15, 0.2) is 65.6 Å². The largest absolute Gasteiger partial charge is 0.322 e. The van der Waals surface area contributed by atoms with E-state index in [1.807, 2.05) is 0 Å². The highest BCUT2D eigenvalue weighted by Gasteiger charge is 2.30. The van der Waals surface area contributed by atoms with Gasteiger partial charge in [0.1, 0.15) is 0 Å². The number of nitrogens with zero attached hydrogens (tertiary/aromatic N) is 1. The highest BCUT2D eigenvalue weighted by atomic mass is 35.5. The van der Waals surface area contributed by atoms with Crippen LogP contribution in [0.25, 0.3) is 0 Å². The van der Waals surface area contributed by atoms with E-state index in [2.05, 4.69) is 5.32 Å². The van der Waals surface area contributed by atoms with Crippen molar-refractivity contribution >= 4 is 38.9 Å². The zero-order chi connectivity index (χ0) is 22.2. The summed E-state index contributed by atoms with van der Waals surface area (Å²) in [4.78, 5) is 12.2. The molecule has 5 nitrogen and oxygen atoms in total. The van der Waals surface area contributed by atoms with Gasteiger partial charge in [0.2, 0.25) is 0 Å². The molecule has 1 heterocycles. The molecular formula is C22H17ClF2N2O3S. The number of hydrogen-bond donors (Lipinski definition) is 1. The second-order valence-electron chi connectivity index (χ2n) is 7.03. The summed E-state index contributed by atoms with van der Waals surface area (Å²) in [5.41, 5.74) is 1.82. The van der Waals surface area contributed by atoms with E-state index in [4.69, 9.17) is 11.6 Å². The number of anilines is 2. The van der Waals surface area contributed by atoms with Crippen LogP contribution >= 0.6 is 11.6 Å². The Morgan fingerprint density at radius 2 is 1.77 bits per heavy atom. The fraction of sp³-hybridized carbons (Fsp3) is 0.136. The second kappa shape index (κ2) is 8.28. The molecule has 0 aliphatic carbocycles. The lowest BCUT2D eigenvalue weighted by Crippen LogP contribution is -2.35. The minimum absolute atomic E-state index is 0.177. The van der Waals surface area contributed by atoms with E-state index in [-0.39, 0.29) is 17.0 Å². The molecule has 3 aromatic rings. The molecule has 0 atom stereocenters. The molecule has 9 heteroatoms. The van der Waals surface area contributed by atoms with Gasteiger partial charge < -0.3 is 5.32 Å². The lowest BCUT2D eigenvalue weighted by molar-refractivity contribution is 0.102. The van der Waals surface area contributed by atoms with E-state index in [0.29, 0.717) is 35.3 Å². The van der Waals surface area contributed by atoms with Gasteiger partial charge >= 0.3 is 0 Å². The van der Waals surface area contributed by atoms with Crippen molar-refractivity contribution in [2.45, 2.75) is 17.7 Å². The molecular weight excluding hydrogens is 446 g/mol. The van der Waals surface area contributed by atoms with Crippen LogP contribution in [0.5, 0.6) is 0 Å². The molecule has 0 bridgehead atoms. The van der Waals surface area contributed by atoms with Crippen molar-refractivity contribution in [3.8, 4) is 0 Å². The van der Waals surface area contributed by atoms with Gasteiger partial charge in [-0.3, -0.25) is 9.10 Å². The lowest BCUT2D eigenvalue weighted by atomic mass is 10.0. The van der Waals surface area contributed by atoms with Gasteiger partial charge in [-0.1, -0.05) is 29.8 Å². The molecule has 31 heavy (non-hydrogen) atoms. The van der Waals surface area contributed by atoms with Gasteiger partial charge in [-0.15, -0.1) is 0 Å². The third-order valence-corrected chi connectivity index (χ3v) is 7.16. The quantitative estimate of drug-likeness (QED) is 0.592. The zero-order valence-electron chi connectivity index (χ0n) is 16.1. The van der Waals surface area contributed by atoms with Gasteiger partial charge in [0, 0.05) is 12.2 Å². The number of aryl methyl sites for hydroxylation is 1. The summed E-state index contributed by atoms with van der Waals surface area (Å²) in [6, 6.07) is 14.0. The Hall–Kier alpha value is -2.97. The van der Waals surface area contributed by atoms with Crippen molar-refractivity contribution in [2.75, 3.05) is 16.2 Å². The SMILES string of the molecule is O=C(Nc1ccc2c(c1)N(S(=O)(=O)c1ccc(F)c(F)c1)CCC2)c1ccccc1Cl. The number of sulfonamides is 1. The number of benzene rings is 3. The van der Waals surface area contributed by atoms with E-state index in [0.717, 1.165) is 22.0 Å². The highest BCUT2D eigenvalue weighted by molar-refractivity contribution is 7.92. The first-order chi connectivity index (χ1) is 14.8. The first-order valence-corrected chi connectivity index (χ1v) is 11.3. The van der Waals surface area contributed by atoms with Crippen LogP contribution in [0.1, 0.15) is 22.3 Å². The van der Waals surface area contributed by atoms with E-state index < -0.39 is 27.6 Å². The van der Waals surface area contributed by atoms with Crippen LogP contribution in [-0.2, 0) is 16.4 Å². The molecule has 4 rings (SSSR count). The van der Waals surface area contributed by atoms with Crippen molar-refractivity contribution in [3.63, 3.8) is 0 Å². The molecule has 1 aliphatic heterocycles. The van der Waals surface area contributed by atoms with Crippen molar-refractivity contribution in [3.05, 3.63) is 88.4 Å². The second-order valence-corrected chi connectivity index (χ2v) is 9.30. The normalized spacial score (nSPS) is 13.6. The van der Waals surface area contributed by atoms with Gasteiger partial charge in [0.15, 0.2) is 11.6 Å². The van der Waals surface area contributed by atoms with Gasteiger partial charge in [0.05, 0.1) is 21.2 Å². The van der Waals surface area contributed by atoms with Crippen molar-refractivity contribution < 1.29 is 22.0 Å². The summed E-state index contributed by atoms with van der Waals surface area (Å²) >= 11 is 6.07. The summed E-state index contributed by atoms with van der Waals surface area (Å²) in [5, 5.41) is 3.02. The van der Waals surface area contributed by atoms with Crippen molar-refractivity contribution in [1.29, 1.82) is 0 Å². The third-order valence-electron chi connectivity index (χ3n) is 5.02. The molecule has 160 valence electrons. The number of halogens is 3. The topological polar surface area (TPSA) is 66.5 Å². The van der Waals surface area contributed by atoms with Gasteiger partial charge in [0.25, 0.3) is 15.9 Å². The summed E-state index contributed by atoms with van der Waals surface area (Å²) in [6.45, 7) is 0.177. The number of carbonyl (C=O) groups excluding carboxylic acids is 1. The molecule has 0 saturated heterocycles. The van der Waals surface area contributed by atoms with Crippen LogP contribution < -0.4 is 9.62 Å². The minimum Gasteiger partial charge on any atom is -0.322 e. The Bertz CT molecular complexity index is 1280. The molecule has 1 aliphatic rings. The van der Waals surface area contributed by atoms with Gasteiger partial charge in [-0.05, 0) is 60.9 Å². The summed E-state index contributed by atoms with van der Waals surface area (Å²) in [6.07, 6.45) is 1.22. The zero-order valence-corrected chi connectivity index (χ0v) is 17.7. The average Bonchev–Trinajstić information content (AvgIpc) is 2.75. The Morgan fingerprint density at radius 1 is 1.00 bits per heavy atom. The predicted molar refractivity (Wildman–Crippen MR) is 115 cm³/mol. The van der Waals surface area contributed by atoms with Crippen molar-refractivity contribution in [1.82, 2.24) is 0 Å². The van der Waals surface area contributed by atoms with Crippen LogP contribution in [-0.4, -0.2) is 20.9 Å². The number of fused-ring (bicyclic) bond motifs is 1. The fourth-order valence-corrected chi connectivity index (χ4v) is 5.24. The van der Waals surface area contributed by atoms with Crippen LogP contribution in [0.4, 0.5) is 20.2 Å². The van der Waals surface area contributed by atoms with E-state index in [1.165, 1.54) is 0 Å². The van der Waals surface area contributed by atoms with Crippen LogP contribution in [0, 0.1) is 11.6 Å². The molecule has 1 N–H and O–H groups in total. The number of rotatable bonds is 4. The molecule has 0 spiro atoms. The Balaban J connectivity index is 1.69. The third kappa shape index (κ3) is 4.13. The number of hydrogen-bond acceptors (Lipinski definition) is 3. The maximum absolute atomic E-state index is 13.7. The average molecular weight is 463 g/mol. The van der Waals surface area contributed by atoms with E-state index in [9.17, 15) is 22.0 Å². The maximum Gasteiger partial charge on any atom is 0.264 e. The molecule has 0 saturated carbocycles. The summed E-state index contributed by atoms with van der Waals surface area (Å²) in [5.74, 6) is -2.79. The van der Waals surface area contributed by atoms with Crippen LogP contribution in [0.3, 0.4) is 0 Å². The van der Waals surface area contributed by atoms with Crippen molar-refractivity contribution in [2.24, 2.45) is 0 Å². The predicted octanol–water partition coefficient (Wildman–Crippen LogP) is 5.01. The first kappa shape index (κ1) is 21.3. The number of carbonyl (C=O) groups is 1. The molecule has 0 aromatic heterocycles. The van der Waals surface area contributed by atoms with Gasteiger partial charge in [-0.25, -0.2) is 17.2 Å². The van der Waals surface area contributed by atoms with Crippen LogP contribution in [0.2, 0.25) is 5.02 Å². The summed E-state index contributed by atoms with van der Waals surface area (Å²) in [7, 11) is -4.13. The first-order valence-electron chi connectivity index (χ1n) is 9.44. The Kier molecular flexibility index (Phi) is 5.68. The summed E-state index contributed by atoms with van der Waals surface area (Å²) < 4.78 is 54.4. The number of amides is 1. The van der Waals surface area contributed by atoms with E-state index in [1.54, 1.807) is 42.5 Å². The Morgan fingerprint density at radius 3 is 2.52 bits per heavy atom. The van der Waals surface area contributed by atoms with Gasteiger partial charge in [-0.2, -0.15) is 0 Å². The lowest BCUT2D eigenvalue weighted by Gasteiger charge is -2.31. The smallest absolute Gasteiger partial charge is 0.264 e.